The minimum atomic E-state index is -0.514. The van der Waals surface area contributed by atoms with Crippen molar-refractivity contribution >= 4 is 23.6 Å². The summed E-state index contributed by atoms with van der Waals surface area (Å²) in [6.45, 7) is 1.44. The molecular weight excluding hydrogens is 199 g/mol. The number of hydrogen-bond acceptors (Lipinski definition) is 3. The van der Waals surface area contributed by atoms with Gasteiger partial charge in [-0.25, -0.2) is 0 Å². The molecule has 0 aromatic heterocycles. The van der Waals surface area contributed by atoms with Crippen LogP contribution < -0.4 is 0 Å². The highest BCUT2D eigenvalue weighted by Gasteiger charge is 2.21. The van der Waals surface area contributed by atoms with Gasteiger partial charge in [-0.05, 0) is 19.3 Å². The molecule has 1 aliphatic rings. The van der Waals surface area contributed by atoms with Crippen molar-refractivity contribution in [1.29, 1.82) is 0 Å². The third-order valence-electron chi connectivity index (χ3n) is 1.37. The first-order valence-corrected chi connectivity index (χ1v) is 4.09. The molecule has 0 atom stereocenters. The zero-order chi connectivity index (χ0) is 7.23. The van der Waals surface area contributed by atoms with Crippen LogP contribution in [0.1, 0.15) is 19.3 Å². The van der Waals surface area contributed by atoms with Crippen LogP contribution in [0.2, 0.25) is 0 Å². The lowest BCUT2D eigenvalue weighted by Gasteiger charge is -2.13. The summed E-state index contributed by atoms with van der Waals surface area (Å²) in [7, 11) is -0.514. The predicted octanol–water partition coefficient (Wildman–Crippen LogP) is 1.51. The van der Waals surface area contributed by atoms with Gasteiger partial charge in [0.1, 0.15) is 0 Å². The van der Waals surface area contributed by atoms with E-state index in [1.54, 1.807) is 0 Å². The standard InChI is InChI=1S/C5H10BBrO3/c7-10-6-8-4-2-1-3-5-9-6/h1-5H2. The van der Waals surface area contributed by atoms with Gasteiger partial charge >= 0.3 is 7.32 Å². The fraction of sp³-hybridized carbons (Fsp3) is 1.00. The zero-order valence-corrected chi connectivity index (χ0v) is 7.30. The van der Waals surface area contributed by atoms with E-state index in [0.29, 0.717) is 0 Å². The molecule has 1 saturated heterocycles. The lowest BCUT2D eigenvalue weighted by Crippen LogP contribution is -2.26. The maximum absolute atomic E-state index is 5.14. The minimum Gasteiger partial charge on any atom is -0.385 e. The molecule has 0 aromatic carbocycles. The van der Waals surface area contributed by atoms with Crippen LogP contribution >= 0.6 is 16.3 Å². The van der Waals surface area contributed by atoms with Crippen molar-refractivity contribution in [2.24, 2.45) is 0 Å². The van der Waals surface area contributed by atoms with Gasteiger partial charge in [0.25, 0.3) is 0 Å². The summed E-state index contributed by atoms with van der Waals surface area (Å²) in [6.07, 6.45) is 3.36. The van der Waals surface area contributed by atoms with Crippen molar-refractivity contribution in [2.45, 2.75) is 19.3 Å². The second-order valence-corrected chi connectivity index (χ2v) is 2.55. The second kappa shape index (κ2) is 5.13. The van der Waals surface area contributed by atoms with Gasteiger partial charge in [0, 0.05) is 13.2 Å². The van der Waals surface area contributed by atoms with Crippen LogP contribution in [0.4, 0.5) is 0 Å². The fourth-order valence-corrected chi connectivity index (χ4v) is 1.06. The van der Waals surface area contributed by atoms with Gasteiger partial charge in [-0.3, -0.25) is 0 Å². The Bertz CT molecular complexity index is 85.0. The van der Waals surface area contributed by atoms with E-state index in [2.05, 4.69) is 16.3 Å². The van der Waals surface area contributed by atoms with E-state index in [1.807, 2.05) is 0 Å². The highest BCUT2D eigenvalue weighted by molar-refractivity contribution is 9.06. The van der Waals surface area contributed by atoms with Crippen LogP contribution in [-0.2, 0) is 13.1 Å². The quantitative estimate of drug-likeness (QED) is 0.612. The Morgan fingerprint density at radius 2 is 1.70 bits per heavy atom. The van der Waals surface area contributed by atoms with Crippen molar-refractivity contribution in [3.8, 4) is 0 Å². The summed E-state index contributed by atoms with van der Waals surface area (Å²) in [5, 5.41) is 0. The number of rotatable bonds is 1. The van der Waals surface area contributed by atoms with E-state index < -0.39 is 7.32 Å². The van der Waals surface area contributed by atoms with Crippen molar-refractivity contribution in [3.63, 3.8) is 0 Å². The summed E-state index contributed by atoms with van der Waals surface area (Å²) < 4.78 is 15.0. The molecule has 5 heteroatoms. The SMILES string of the molecule is BrOB1OCCCCCO1. The van der Waals surface area contributed by atoms with Gasteiger partial charge < -0.3 is 13.1 Å². The Hall–Kier alpha value is 0.425. The van der Waals surface area contributed by atoms with Crippen LogP contribution in [-0.4, -0.2) is 20.5 Å². The van der Waals surface area contributed by atoms with Crippen LogP contribution in [0.25, 0.3) is 0 Å². The molecule has 0 amide bonds. The van der Waals surface area contributed by atoms with Crippen molar-refractivity contribution in [1.82, 2.24) is 0 Å². The molecule has 1 rings (SSSR count). The molecule has 58 valence electrons. The average Bonchev–Trinajstić information content (AvgIpc) is 1.87. The average molecular weight is 209 g/mol. The molecule has 0 aromatic rings. The molecule has 1 fully saturated rings. The van der Waals surface area contributed by atoms with E-state index in [9.17, 15) is 0 Å². The molecule has 10 heavy (non-hydrogen) atoms. The smallest absolute Gasteiger partial charge is 0.385 e. The first-order valence-electron chi connectivity index (χ1n) is 3.44. The van der Waals surface area contributed by atoms with E-state index >= 15 is 0 Å². The van der Waals surface area contributed by atoms with Gasteiger partial charge in [0.15, 0.2) is 0 Å². The molecule has 0 saturated carbocycles. The first-order chi connectivity index (χ1) is 4.93. The van der Waals surface area contributed by atoms with Gasteiger partial charge in [-0.2, -0.15) is 0 Å². The molecular formula is C5H10BBrO3. The maximum Gasteiger partial charge on any atom is 0.650 e. The first kappa shape index (κ1) is 8.52. The normalized spacial score (nSPS) is 21.9. The van der Waals surface area contributed by atoms with Crippen molar-refractivity contribution in [2.75, 3.05) is 13.2 Å². The van der Waals surface area contributed by atoms with Gasteiger partial charge in [0.05, 0.1) is 16.3 Å². The Morgan fingerprint density at radius 1 is 1.10 bits per heavy atom. The summed E-state index contributed by atoms with van der Waals surface area (Å²) in [4.78, 5) is 0. The van der Waals surface area contributed by atoms with Crippen molar-refractivity contribution < 1.29 is 13.1 Å². The lowest BCUT2D eigenvalue weighted by molar-refractivity contribution is 0.129. The van der Waals surface area contributed by atoms with E-state index in [-0.39, 0.29) is 0 Å². The predicted molar refractivity (Wildman–Crippen MR) is 41.5 cm³/mol. The third kappa shape index (κ3) is 3.01. The molecule has 0 N–H and O–H groups in total. The fourth-order valence-electron chi connectivity index (χ4n) is 0.840. The molecule has 0 bridgehead atoms. The summed E-state index contributed by atoms with van der Waals surface area (Å²) in [5.74, 6) is 0. The van der Waals surface area contributed by atoms with Gasteiger partial charge in [-0.15, -0.1) is 0 Å². The van der Waals surface area contributed by atoms with Crippen LogP contribution in [0.15, 0.2) is 0 Å². The monoisotopic (exact) mass is 208 g/mol. The van der Waals surface area contributed by atoms with E-state index in [1.165, 1.54) is 6.42 Å². The maximum atomic E-state index is 5.14. The third-order valence-corrected chi connectivity index (χ3v) is 1.67. The zero-order valence-electron chi connectivity index (χ0n) is 5.72. The van der Waals surface area contributed by atoms with Gasteiger partial charge in [0.2, 0.25) is 0 Å². The largest absolute Gasteiger partial charge is 0.650 e. The van der Waals surface area contributed by atoms with Crippen molar-refractivity contribution in [3.05, 3.63) is 0 Å². The molecule has 0 spiro atoms. The summed E-state index contributed by atoms with van der Waals surface area (Å²) >= 11 is 2.82. The van der Waals surface area contributed by atoms with E-state index in [4.69, 9.17) is 13.1 Å². The van der Waals surface area contributed by atoms with Gasteiger partial charge in [-0.1, -0.05) is 0 Å². The minimum absolute atomic E-state index is 0.514. The lowest BCUT2D eigenvalue weighted by atomic mass is 10.2. The van der Waals surface area contributed by atoms with E-state index in [0.717, 1.165) is 26.1 Å². The highest BCUT2D eigenvalue weighted by Crippen LogP contribution is 2.06. The van der Waals surface area contributed by atoms with Crippen LogP contribution in [0.5, 0.6) is 0 Å². The Morgan fingerprint density at radius 3 is 2.20 bits per heavy atom. The molecule has 3 nitrogen and oxygen atoms in total. The molecule has 1 heterocycles. The Labute approximate surface area is 69.7 Å². The summed E-state index contributed by atoms with van der Waals surface area (Å²) in [5.41, 5.74) is 0. The molecule has 0 aliphatic carbocycles. The summed E-state index contributed by atoms with van der Waals surface area (Å²) in [6, 6.07) is 0. The van der Waals surface area contributed by atoms with Crippen LogP contribution in [0, 0.1) is 0 Å². The Kier molecular flexibility index (Phi) is 4.37. The van der Waals surface area contributed by atoms with Crippen LogP contribution in [0.3, 0.4) is 0 Å². The highest BCUT2D eigenvalue weighted by atomic mass is 79.9. The Balaban J connectivity index is 2.16. The second-order valence-electron chi connectivity index (χ2n) is 2.18. The topological polar surface area (TPSA) is 27.7 Å². The number of hydrogen-bond donors (Lipinski definition) is 0. The number of halogens is 1. The molecule has 1 aliphatic heterocycles. The molecule has 0 radical (unpaired) electrons. The molecule has 0 unspecified atom stereocenters.